The van der Waals surface area contributed by atoms with E-state index in [1.165, 1.54) is 57.8 Å². The Balaban J connectivity index is 3.21. The summed E-state index contributed by atoms with van der Waals surface area (Å²) in [5.41, 5.74) is 0. The maximum absolute atomic E-state index is 9.87. The molecule has 0 aromatic carbocycles. The fraction of sp³-hybridized carbons (Fsp3) is 0.938. The summed E-state index contributed by atoms with van der Waals surface area (Å²) < 4.78 is 11.0. The zero-order valence-electron chi connectivity index (χ0n) is 14.2. The highest BCUT2D eigenvalue weighted by Gasteiger charge is 2.27. The molecule has 0 aromatic rings. The van der Waals surface area contributed by atoms with Crippen molar-refractivity contribution in [1.82, 2.24) is 0 Å². The van der Waals surface area contributed by atoms with Gasteiger partial charge in [0.15, 0.2) is 0 Å². The van der Waals surface area contributed by atoms with Crippen LogP contribution in [-0.2, 0) is 13.6 Å². The van der Waals surface area contributed by atoms with Crippen molar-refractivity contribution in [3.63, 3.8) is 0 Å². The monoisotopic (exact) mass is 315 g/mol. The van der Waals surface area contributed by atoms with Gasteiger partial charge in [-0.1, -0.05) is 57.8 Å². The summed E-state index contributed by atoms with van der Waals surface area (Å²) in [6.45, 7) is 2.78. The molecule has 0 saturated heterocycles. The lowest BCUT2D eigenvalue weighted by Gasteiger charge is -2.22. The van der Waals surface area contributed by atoms with Crippen LogP contribution in [-0.4, -0.2) is 35.4 Å². The van der Waals surface area contributed by atoms with Gasteiger partial charge in [0, 0.05) is 14.2 Å². The van der Waals surface area contributed by atoms with Crippen molar-refractivity contribution in [2.75, 3.05) is 20.8 Å². The quantitative estimate of drug-likeness (QED) is 0.192. The maximum Gasteiger partial charge on any atom is 0.334 e. The first-order chi connectivity index (χ1) is 10.2. The van der Waals surface area contributed by atoms with E-state index >= 15 is 0 Å². The van der Waals surface area contributed by atoms with Crippen LogP contribution in [0.5, 0.6) is 0 Å². The van der Waals surface area contributed by atoms with Crippen molar-refractivity contribution in [1.29, 1.82) is 0 Å². The van der Waals surface area contributed by atoms with E-state index in [4.69, 9.17) is 8.85 Å². The largest absolute Gasteiger partial charge is 0.398 e. The molecule has 0 unspecified atom stereocenters. The van der Waals surface area contributed by atoms with Gasteiger partial charge in [-0.3, -0.25) is 0 Å². The third kappa shape index (κ3) is 12.9. The molecule has 0 heterocycles. The molecule has 0 aliphatic heterocycles. The second-order valence-corrected chi connectivity index (χ2v) is 9.38. The Morgan fingerprint density at radius 1 is 0.810 bits per heavy atom. The Hall–Kier alpha value is -0.483. The van der Waals surface area contributed by atoms with Gasteiger partial charge in [-0.25, -0.2) is 9.79 Å². The van der Waals surface area contributed by atoms with Crippen LogP contribution in [0.1, 0.15) is 64.2 Å². The van der Waals surface area contributed by atoms with Crippen LogP contribution >= 0.6 is 0 Å². The highest BCUT2D eigenvalue weighted by Crippen LogP contribution is 2.17. The average Bonchev–Trinajstić information content (AvgIpc) is 2.51. The summed E-state index contributed by atoms with van der Waals surface area (Å²) >= 11 is 0. The fourth-order valence-electron chi connectivity index (χ4n) is 2.38. The van der Waals surface area contributed by atoms with Crippen molar-refractivity contribution in [2.24, 2.45) is 4.99 Å². The van der Waals surface area contributed by atoms with Gasteiger partial charge < -0.3 is 8.85 Å². The third-order valence-electron chi connectivity index (χ3n) is 4.08. The lowest BCUT2D eigenvalue weighted by Crippen LogP contribution is -2.35. The predicted molar refractivity (Wildman–Crippen MR) is 89.6 cm³/mol. The summed E-state index contributed by atoms with van der Waals surface area (Å²) in [4.78, 5) is 13.4. The smallest absolute Gasteiger partial charge is 0.334 e. The molecule has 0 amide bonds. The molecule has 0 fully saturated rings. The molecule has 0 rings (SSSR count). The summed E-state index contributed by atoms with van der Waals surface area (Å²) in [7, 11) is 1.70. The Bertz CT molecular complexity index is 277. The number of unbranched alkanes of at least 4 members (excludes halogenated alkanes) is 9. The van der Waals surface area contributed by atoms with Crippen LogP contribution in [0.15, 0.2) is 4.99 Å². The molecule has 4 nitrogen and oxygen atoms in total. The molecule has 0 N–H and O–H groups in total. The van der Waals surface area contributed by atoms with Gasteiger partial charge in [0.2, 0.25) is 6.08 Å². The molecular weight excluding hydrogens is 282 g/mol. The zero-order valence-corrected chi connectivity index (χ0v) is 15.2. The molecule has 0 aromatic heterocycles. The zero-order chi connectivity index (χ0) is 15.8. The first-order valence-electron chi connectivity index (χ1n) is 8.32. The third-order valence-corrected chi connectivity index (χ3v) is 7.07. The number of rotatable bonds is 15. The Morgan fingerprint density at radius 3 is 1.67 bits per heavy atom. The summed E-state index contributed by atoms with van der Waals surface area (Å²) in [5, 5.41) is 0. The summed E-state index contributed by atoms with van der Waals surface area (Å²) in [6, 6.07) is 1.10. The van der Waals surface area contributed by atoms with Gasteiger partial charge in [0.1, 0.15) is 0 Å². The molecule has 21 heavy (non-hydrogen) atoms. The molecule has 0 aliphatic rings. The van der Waals surface area contributed by atoms with E-state index in [0.29, 0.717) is 6.54 Å². The number of hydrogen-bond donors (Lipinski definition) is 0. The second-order valence-electron chi connectivity index (χ2n) is 5.80. The minimum atomic E-state index is -1.83. The van der Waals surface area contributed by atoms with Gasteiger partial charge in [-0.2, -0.15) is 0 Å². The van der Waals surface area contributed by atoms with Crippen molar-refractivity contribution in [2.45, 2.75) is 76.8 Å². The first-order valence-corrected chi connectivity index (χ1v) is 10.8. The Morgan fingerprint density at radius 2 is 1.24 bits per heavy atom. The van der Waals surface area contributed by atoms with E-state index in [2.05, 4.69) is 11.5 Å². The number of isocyanates is 1. The van der Waals surface area contributed by atoms with E-state index in [1.54, 1.807) is 20.3 Å². The maximum atomic E-state index is 9.87. The van der Waals surface area contributed by atoms with Gasteiger partial charge in [0.25, 0.3) is 0 Å². The first kappa shape index (κ1) is 20.5. The molecule has 0 spiro atoms. The van der Waals surface area contributed by atoms with E-state index in [-0.39, 0.29) is 0 Å². The van der Waals surface area contributed by atoms with Crippen LogP contribution in [0, 0.1) is 0 Å². The minimum absolute atomic E-state index is 0.648. The molecule has 0 bridgehead atoms. The number of aliphatic imine (C=N–C) groups is 1. The molecule has 124 valence electrons. The van der Waals surface area contributed by atoms with Gasteiger partial charge >= 0.3 is 8.56 Å². The summed E-state index contributed by atoms with van der Waals surface area (Å²) in [5.74, 6) is 0. The Kier molecular flexibility index (Phi) is 14.1. The lowest BCUT2D eigenvalue weighted by molar-refractivity contribution is 0.248. The standard InChI is InChI=1S/C16H33NO3Si/c1-19-21(3,20-2)15-13-11-9-7-5-4-6-8-10-12-14-17-16-18/h4-15H2,1-3H3. The lowest BCUT2D eigenvalue weighted by atomic mass is 10.1. The topological polar surface area (TPSA) is 47.9 Å². The van der Waals surface area contributed by atoms with Crippen molar-refractivity contribution < 1.29 is 13.6 Å². The minimum Gasteiger partial charge on any atom is -0.398 e. The van der Waals surface area contributed by atoms with Crippen LogP contribution in [0.3, 0.4) is 0 Å². The van der Waals surface area contributed by atoms with E-state index in [0.717, 1.165) is 12.5 Å². The molecule has 5 heteroatoms. The van der Waals surface area contributed by atoms with Crippen molar-refractivity contribution in [3.05, 3.63) is 0 Å². The molecule has 0 aliphatic carbocycles. The normalized spacial score (nSPS) is 11.4. The van der Waals surface area contributed by atoms with Crippen molar-refractivity contribution >= 4 is 14.6 Å². The van der Waals surface area contributed by atoms with Crippen LogP contribution in [0.2, 0.25) is 12.6 Å². The van der Waals surface area contributed by atoms with Crippen LogP contribution < -0.4 is 0 Å². The SMILES string of the molecule is CO[Si](C)(CCCCCCCCCCCCN=C=O)OC. The van der Waals surface area contributed by atoms with E-state index < -0.39 is 8.56 Å². The van der Waals surface area contributed by atoms with E-state index in [9.17, 15) is 4.79 Å². The highest BCUT2D eigenvalue weighted by molar-refractivity contribution is 6.65. The number of carbonyl (C=O) groups excluding carboxylic acids is 1. The van der Waals surface area contributed by atoms with Crippen LogP contribution in [0.4, 0.5) is 0 Å². The summed E-state index contributed by atoms with van der Waals surface area (Å²) in [6.07, 6.45) is 14.2. The van der Waals surface area contributed by atoms with Crippen molar-refractivity contribution in [3.8, 4) is 0 Å². The van der Waals surface area contributed by atoms with Gasteiger partial charge in [0.05, 0.1) is 6.54 Å². The number of hydrogen-bond acceptors (Lipinski definition) is 4. The molecule has 0 saturated carbocycles. The van der Waals surface area contributed by atoms with Gasteiger partial charge in [-0.15, -0.1) is 0 Å². The van der Waals surface area contributed by atoms with Crippen LogP contribution in [0.25, 0.3) is 0 Å². The average molecular weight is 316 g/mol. The molecular formula is C16H33NO3Si. The fourth-order valence-corrected chi connectivity index (χ4v) is 3.85. The second kappa shape index (κ2) is 14.5. The van der Waals surface area contributed by atoms with Gasteiger partial charge in [-0.05, 0) is 19.0 Å². The molecule has 0 atom stereocenters. The highest BCUT2D eigenvalue weighted by atomic mass is 28.4. The van der Waals surface area contributed by atoms with E-state index in [1.807, 2.05) is 0 Å². The molecule has 0 radical (unpaired) electrons. The predicted octanol–water partition coefficient (Wildman–Crippen LogP) is 4.59. The number of nitrogens with zero attached hydrogens (tertiary/aromatic N) is 1. The Labute approximate surface area is 131 Å².